The van der Waals surface area contributed by atoms with Crippen molar-refractivity contribution >= 4 is 12.1 Å². The Hall–Kier alpha value is -2.05. The number of aromatic nitrogens is 2. The minimum absolute atomic E-state index is 0.156. The molecule has 2 unspecified atom stereocenters. The molecular formula is C18H29N3O4. The van der Waals surface area contributed by atoms with Gasteiger partial charge in [0.15, 0.2) is 0 Å². The number of rotatable bonds is 4. The van der Waals surface area contributed by atoms with Crippen LogP contribution in [0.5, 0.6) is 0 Å². The molecule has 0 N–H and O–H groups in total. The molecule has 7 nitrogen and oxygen atoms in total. The van der Waals surface area contributed by atoms with Gasteiger partial charge in [-0.15, -0.1) is 0 Å². The van der Waals surface area contributed by atoms with Crippen molar-refractivity contribution in [3.63, 3.8) is 0 Å². The van der Waals surface area contributed by atoms with Gasteiger partial charge in [0, 0.05) is 36.9 Å². The summed E-state index contributed by atoms with van der Waals surface area (Å²) in [6.45, 7) is 12.4. The summed E-state index contributed by atoms with van der Waals surface area (Å²) in [7, 11) is 0. The van der Waals surface area contributed by atoms with E-state index >= 15 is 0 Å². The summed E-state index contributed by atoms with van der Waals surface area (Å²) in [4.78, 5) is 26.5. The van der Waals surface area contributed by atoms with Gasteiger partial charge in [-0.3, -0.25) is 9.48 Å². The van der Waals surface area contributed by atoms with Crippen LogP contribution < -0.4 is 0 Å². The largest absolute Gasteiger partial charge is 0.466 e. The lowest BCUT2D eigenvalue weighted by Crippen LogP contribution is -2.36. The van der Waals surface area contributed by atoms with Crippen molar-refractivity contribution in [3.8, 4) is 0 Å². The van der Waals surface area contributed by atoms with E-state index in [1.165, 1.54) is 0 Å². The molecule has 1 fully saturated rings. The fourth-order valence-electron chi connectivity index (χ4n) is 3.12. The summed E-state index contributed by atoms with van der Waals surface area (Å²) in [5, 5.41) is 4.36. The third kappa shape index (κ3) is 4.52. The molecule has 7 heteroatoms. The van der Waals surface area contributed by atoms with Crippen LogP contribution in [-0.2, 0) is 14.3 Å². The number of carbonyl (C=O) groups is 2. The van der Waals surface area contributed by atoms with E-state index in [4.69, 9.17) is 9.47 Å². The van der Waals surface area contributed by atoms with Crippen LogP contribution >= 0.6 is 0 Å². The Bertz CT molecular complexity index is 618. The summed E-state index contributed by atoms with van der Waals surface area (Å²) >= 11 is 0. The first-order valence-corrected chi connectivity index (χ1v) is 8.82. The Morgan fingerprint density at radius 1 is 1.32 bits per heavy atom. The Labute approximate surface area is 149 Å². The number of hydrogen-bond acceptors (Lipinski definition) is 5. The molecule has 0 saturated carbocycles. The molecule has 1 aliphatic rings. The lowest BCUT2D eigenvalue weighted by molar-refractivity contribution is -0.148. The summed E-state index contributed by atoms with van der Waals surface area (Å²) in [6, 6.07) is 2.08. The van der Waals surface area contributed by atoms with Crippen LogP contribution in [-0.4, -0.2) is 52.0 Å². The second kappa shape index (κ2) is 7.45. The van der Waals surface area contributed by atoms with Crippen molar-refractivity contribution in [2.24, 2.45) is 5.92 Å². The van der Waals surface area contributed by atoms with Crippen LogP contribution in [0.2, 0.25) is 0 Å². The minimum atomic E-state index is -0.575. The molecule has 2 heterocycles. The van der Waals surface area contributed by atoms with Crippen LogP contribution in [0.1, 0.15) is 59.2 Å². The quantitative estimate of drug-likeness (QED) is 0.780. The van der Waals surface area contributed by atoms with Gasteiger partial charge in [0.05, 0.1) is 12.5 Å². The van der Waals surface area contributed by atoms with Crippen molar-refractivity contribution < 1.29 is 19.1 Å². The number of hydrogen-bond donors (Lipinski definition) is 0. The number of carbonyl (C=O) groups excluding carboxylic acids is 2. The normalized spacial score (nSPS) is 20.8. The third-order valence-corrected chi connectivity index (χ3v) is 4.13. The molecule has 140 valence electrons. The van der Waals surface area contributed by atoms with Gasteiger partial charge in [-0.05, 0) is 47.6 Å². The smallest absolute Gasteiger partial charge is 0.410 e. The molecule has 1 aromatic rings. The first-order chi connectivity index (χ1) is 11.6. The van der Waals surface area contributed by atoms with Gasteiger partial charge in [-0.1, -0.05) is 0 Å². The molecule has 25 heavy (non-hydrogen) atoms. The fraction of sp³-hybridized carbons (Fsp3) is 0.722. The third-order valence-electron chi connectivity index (χ3n) is 4.13. The number of esters is 1. The van der Waals surface area contributed by atoms with Crippen LogP contribution in [0, 0.1) is 5.92 Å². The lowest BCUT2D eigenvalue weighted by atomic mass is 9.92. The summed E-state index contributed by atoms with van der Waals surface area (Å²) < 4.78 is 12.6. The van der Waals surface area contributed by atoms with E-state index in [-0.39, 0.29) is 17.9 Å². The van der Waals surface area contributed by atoms with Gasteiger partial charge in [0.1, 0.15) is 5.60 Å². The van der Waals surface area contributed by atoms with E-state index in [2.05, 4.69) is 5.10 Å². The van der Waals surface area contributed by atoms with E-state index in [0.29, 0.717) is 19.7 Å². The summed E-state index contributed by atoms with van der Waals surface area (Å²) in [5.74, 6) is -0.854. The SMILES string of the molecule is CCOC(=O)C1CN(C(=O)OC(C)(C)C)CC1c1ccnn1C(C)C. The highest BCUT2D eigenvalue weighted by Gasteiger charge is 2.44. The second-order valence-corrected chi connectivity index (χ2v) is 7.64. The van der Waals surface area contributed by atoms with E-state index in [1.54, 1.807) is 18.0 Å². The molecular weight excluding hydrogens is 322 g/mol. The molecule has 2 rings (SSSR count). The van der Waals surface area contributed by atoms with E-state index in [0.717, 1.165) is 5.69 Å². The Kier molecular flexibility index (Phi) is 5.75. The first-order valence-electron chi connectivity index (χ1n) is 8.82. The molecule has 0 aromatic carbocycles. The number of amides is 1. The van der Waals surface area contributed by atoms with Gasteiger partial charge >= 0.3 is 12.1 Å². The predicted molar refractivity (Wildman–Crippen MR) is 93.3 cm³/mol. The van der Waals surface area contributed by atoms with Gasteiger partial charge in [0.2, 0.25) is 0 Å². The van der Waals surface area contributed by atoms with Crippen LogP contribution in [0.25, 0.3) is 0 Å². The molecule has 0 spiro atoms. The standard InChI is InChI=1S/C18H29N3O4/c1-7-24-16(22)14-11-20(17(23)25-18(4,5)6)10-13(14)15-8-9-19-21(15)12(2)3/h8-9,12-14H,7,10-11H2,1-6H3. The maximum Gasteiger partial charge on any atom is 0.410 e. The molecule has 1 saturated heterocycles. The predicted octanol–water partition coefficient (Wildman–Crippen LogP) is 2.98. The van der Waals surface area contributed by atoms with Crippen molar-refractivity contribution in [1.29, 1.82) is 0 Å². The topological polar surface area (TPSA) is 73.7 Å². The van der Waals surface area contributed by atoms with Crippen LogP contribution in [0.3, 0.4) is 0 Å². The Morgan fingerprint density at radius 2 is 2.00 bits per heavy atom. The zero-order chi connectivity index (χ0) is 18.8. The van der Waals surface area contributed by atoms with E-state index in [1.807, 2.05) is 45.4 Å². The molecule has 1 aromatic heterocycles. The van der Waals surface area contributed by atoms with Crippen molar-refractivity contribution in [2.75, 3.05) is 19.7 Å². The maximum absolute atomic E-state index is 12.5. The molecule has 1 aliphatic heterocycles. The maximum atomic E-state index is 12.5. The highest BCUT2D eigenvalue weighted by atomic mass is 16.6. The second-order valence-electron chi connectivity index (χ2n) is 7.64. The van der Waals surface area contributed by atoms with Crippen molar-refractivity contribution in [1.82, 2.24) is 14.7 Å². The zero-order valence-electron chi connectivity index (χ0n) is 16.0. The van der Waals surface area contributed by atoms with Gasteiger partial charge in [-0.25, -0.2) is 4.79 Å². The van der Waals surface area contributed by atoms with Crippen LogP contribution in [0.4, 0.5) is 4.79 Å². The average molecular weight is 351 g/mol. The Morgan fingerprint density at radius 3 is 2.56 bits per heavy atom. The summed E-state index contributed by atoms with van der Waals surface area (Å²) in [5.41, 5.74) is 0.369. The molecule has 0 aliphatic carbocycles. The van der Waals surface area contributed by atoms with Crippen LogP contribution in [0.15, 0.2) is 12.3 Å². The molecule has 2 atom stereocenters. The van der Waals surface area contributed by atoms with Crippen molar-refractivity contribution in [2.45, 2.75) is 59.1 Å². The highest BCUT2D eigenvalue weighted by Crippen LogP contribution is 2.35. The fourth-order valence-corrected chi connectivity index (χ4v) is 3.12. The summed E-state index contributed by atoms with van der Waals surface area (Å²) in [6.07, 6.45) is 1.33. The minimum Gasteiger partial charge on any atom is -0.466 e. The monoisotopic (exact) mass is 351 g/mol. The van der Waals surface area contributed by atoms with E-state index < -0.39 is 17.6 Å². The molecule has 0 radical (unpaired) electrons. The highest BCUT2D eigenvalue weighted by molar-refractivity contribution is 5.77. The zero-order valence-corrected chi connectivity index (χ0v) is 16.0. The number of nitrogens with zero attached hydrogens (tertiary/aromatic N) is 3. The molecule has 1 amide bonds. The van der Waals surface area contributed by atoms with Gasteiger partial charge in [0.25, 0.3) is 0 Å². The molecule has 0 bridgehead atoms. The van der Waals surface area contributed by atoms with Gasteiger partial charge in [-0.2, -0.15) is 5.10 Å². The lowest BCUT2D eigenvalue weighted by Gasteiger charge is -2.24. The first kappa shape index (κ1) is 19.3. The van der Waals surface area contributed by atoms with E-state index in [9.17, 15) is 9.59 Å². The Balaban J connectivity index is 2.27. The number of likely N-dealkylation sites (tertiary alicyclic amines) is 1. The van der Waals surface area contributed by atoms with Gasteiger partial charge < -0.3 is 14.4 Å². The van der Waals surface area contributed by atoms with Crippen molar-refractivity contribution in [3.05, 3.63) is 18.0 Å². The average Bonchev–Trinajstić information content (AvgIpc) is 3.12. The number of ether oxygens (including phenoxy) is 2.